The van der Waals surface area contributed by atoms with E-state index < -0.39 is 0 Å². The lowest BCUT2D eigenvalue weighted by molar-refractivity contribution is -0.132. The minimum Gasteiger partial charge on any atom is -0.368 e. The van der Waals surface area contributed by atoms with Crippen molar-refractivity contribution in [3.8, 4) is 0 Å². The van der Waals surface area contributed by atoms with Crippen LogP contribution in [0, 0.1) is 0 Å². The number of benzene rings is 2. The van der Waals surface area contributed by atoms with Crippen LogP contribution in [0.5, 0.6) is 0 Å². The van der Waals surface area contributed by atoms with Gasteiger partial charge in [0.25, 0.3) is 5.56 Å². The van der Waals surface area contributed by atoms with Crippen LogP contribution in [0.25, 0.3) is 10.9 Å². The molecule has 144 valence electrons. The molecule has 0 unspecified atom stereocenters. The highest BCUT2D eigenvalue weighted by Crippen LogP contribution is 2.21. The van der Waals surface area contributed by atoms with E-state index in [0.29, 0.717) is 29.0 Å². The fourth-order valence-corrected chi connectivity index (χ4v) is 3.92. The van der Waals surface area contributed by atoms with Crippen molar-refractivity contribution in [1.29, 1.82) is 0 Å². The largest absolute Gasteiger partial charge is 0.368 e. The van der Waals surface area contributed by atoms with Gasteiger partial charge in [-0.1, -0.05) is 33.6 Å². The highest BCUT2D eigenvalue weighted by molar-refractivity contribution is 9.10. The maximum absolute atomic E-state index is 12.7. The number of halogens is 2. The number of rotatable bonds is 3. The molecule has 4 rings (SSSR count). The Morgan fingerprint density at radius 2 is 1.89 bits per heavy atom. The SMILES string of the molecule is O=C(Cn1cnc2ccc(Br)cc2c1=O)N1CCN(c2cccc(Cl)c2)CC1. The summed E-state index contributed by atoms with van der Waals surface area (Å²) in [5.41, 5.74) is 1.46. The predicted octanol–water partition coefficient (Wildman–Crippen LogP) is 3.16. The number of carbonyl (C=O) groups is 1. The Kier molecular flexibility index (Phi) is 5.37. The van der Waals surface area contributed by atoms with Gasteiger partial charge in [0, 0.05) is 41.4 Å². The maximum Gasteiger partial charge on any atom is 0.261 e. The number of carbonyl (C=O) groups excluding carboxylic acids is 1. The van der Waals surface area contributed by atoms with Crippen LogP contribution < -0.4 is 10.5 Å². The lowest BCUT2D eigenvalue weighted by atomic mass is 10.2. The summed E-state index contributed by atoms with van der Waals surface area (Å²) in [5.74, 6) is -0.0796. The molecule has 0 saturated carbocycles. The third kappa shape index (κ3) is 3.91. The Hall–Kier alpha value is -2.38. The predicted molar refractivity (Wildman–Crippen MR) is 114 cm³/mol. The first-order valence-corrected chi connectivity index (χ1v) is 10.1. The first-order chi connectivity index (χ1) is 13.5. The lowest BCUT2D eigenvalue weighted by Crippen LogP contribution is -2.50. The standard InChI is InChI=1S/C20H18BrClN4O2/c21-14-4-5-18-17(10-14)20(28)26(13-23-18)12-19(27)25-8-6-24(7-9-25)16-3-1-2-15(22)11-16/h1-5,10-11,13H,6-9,12H2. The smallest absolute Gasteiger partial charge is 0.261 e. The number of amides is 1. The van der Waals surface area contributed by atoms with Crippen LogP contribution in [-0.4, -0.2) is 46.5 Å². The molecule has 1 fully saturated rings. The Labute approximate surface area is 175 Å². The van der Waals surface area contributed by atoms with E-state index in [4.69, 9.17) is 11.6 Å². The average molecular weight is 462 g/mol. The summed E-state index contributed by atoms with van der Waals surface area (Å²) >= 11 is 9.44. The van der Waals surface area contributed by atoms with E-state index in [1.54, 1.807) is 17.0 Å². The van der Waals surface area contributed by atoms with Crippen LogP contribution in [0.15, 0.2) is 58.1 Å². The van der Waals surface area contributed by atoms with Crippen molar-refractivity contribution in [2.24, 2.45) is 0 Å². The van der Waals surface area contributed by atoms with Gasteiger partial charge in [-0.25, -0.2) is 4.98 Å². The zero-order chi connectivity index (χ0) is 19.7. The second kappa shape index (κ2) is 7.93. The summed E-state index contributed by atoms with van der Waals surface area (Å²) in [4.78, 5) is 33.7. The number of hydrogen-bond donors (Lipinski definition) is 0. The molecule has 6 nitrogen and oxygen atoms in total. The van der Waals surface area contributed by atoms with Crippen molar-refractivity contribution >= 4 is 50.0 Å². The normalized spacial score (nSPS) is 14.5. The van der Waals surface area contributed by atoms with Crippen molar-refractivity contribution in [2.75, 3.05) is 31.1 Å². The van der Waals surface area contributed by atoms with Gasteiger partial charge in [0.2, 0.25) is 5.91 Å². The van der Waals surface area contributed by atoms with Crippen LogP contribution in [0.1, 0.15) is 0 Å². The van der Waals surface area contributed by atoms with E-state index in [1.165, 1.54) is 10.9 Å². The Morgan fingerprint density at radius 1 is 1.11 bits per heavy atom. The second-order valence-electron chi connectivity index (χ2n) is 6.69. The number of aromatic nitrogens is 2. The van der Waals surface area contributed by atoms with Crippen LogP contribution in [-0.2, 0) is 11.3 Å². The zero-order valence-electron chi connectivity index (χ0n) is 15.0. The summed E-state index contributed by atoms with van der Waals surface area (Å²) in [7, 11) is 0. The topological polar surface area (TPSA) is 58.4 Å². The van der Waals surface area contributed by atoms with Crippen molar-refractivity contribution in [3.05, 3.63) is 68.6 Å². The maximum atomic E-state index is 12.7. The molecule has 8 heteroatoms. The lowest BCUT2D eigenvalue weighted by Gasteiger charge is -2.36. The fourth-order valence-electron chi connectivity index (χ4n) is 3.38. The van der Waals surface area contributed by atoms with Gasteiger partial charge < -0.3 is 9.80 Å². The summed E-state index contributed by atoms with van der Waals surface area (Å²) < 4.78 is 2.18. The van der Waals surface area contributed by atoms with E-state index in [0.717, 1.165) is 23.2 Å². The molecule has 0 aliphatic carbocycles. The van der Waals surface area contributed by atoms with Gasteiger partial charge in [-0.05, 0) is 36.4 Å². The molecule has 28 heavy (non-hydrogen) atoms. The molecule has 2 aromatic carbocycles. The molecule has 0 radical (unpaired) electrons. The second-order valence-corrected chi connectivity index (χ2v) is 8.04. The average Bonchev–Trinajstić information content (AvgIpc) is 2.70. The highest BCUT2D eigenvalue weighted by Gasteiger charge is 2.22. The Balaban J connectivity index is 1.44. The first-order valence-electron chi connectivity index (χ1n) is 8.94. The molecule has 0 bridgehead atoms. The van der Waals surface area contributed by atoms with E-state index in [9.17, 15) is 9.59 Å². The minimum atomic E-state index is -0.211. The van der Waals surface area contributed by atoms with E-state index in [1.807, 2.05) is 30.3 Å². The molecule has 1 saturated heterocycles. The molecule has 3 aromatic rings. The van der Waals surface area contributed by atoms with E-state index in [2.05, 4.69) is 25.8 Å². The minimum absolute atomic E-state index is 0.00848. The Morgan fingerprint density at radius 3 is 2.64 bits per heavy atom. The zero-order valence-corrected chi connectivity index (χ0v) is 17.4. The molecule has 1 aliphatic rings. The number of anilines is 1. The van der Waals surface area contributed by atoms with Gasteiger partial charge in [-0.15, -0.1) is 0 Å². The first kappa shape index (κ1) is 19.0. The monoisotopic (exact) mass is 460 g/mol. The van der Waals surface area contributed by atoms with Gasteiger partial charge in [0.15, 0.2) is 0 Å². The molecule has 1 amide bonds. The number of fused-ring (bicyclic) bond motifs is 1. The molecular weight excluding hydrogens is 444 g/mol. The van der Waals surface area contributed by atoms with Crippen LogP contribution in [0.4, 0.5) is 5.69 Å². The van der Waals surface area contributed by atoms with Gasteiger partial charge >= 0.3 is 0 Å². The molecule has 2 heterocycles. The van der Waals surface area contributed by atoms with Crippen LogP contribution in [0.3, 0.4) is 0 Å². The van der Waals surface area contributed by atoms with Gasteiger partial charge in [-0.3, -0.25) is 14.2 Å². The quantitative estimate of drug-likeness (QED) is 0.601. The molecule has 0 spiro atoms. The molecule has 0 N–H and O–H groups in total. The summed E-state index contributed by atoms with van der Waals surface area (Å²) in [6.07, 6.45) is 1.44. The molecule has 1 aromatic heterocycles. The van der Waals surface area contributed by atoms with E-state index >= 15 is 0 Å². The van der Waals surface area contributed by atoms with Gasteiger partial charge in [0.1, 0.15) is 6.54 Å². The summed E-state index contributed by atoms with van der Waals surface area (Å²) in [6, 6.07) is 13.1. The van der Waals surface area contributed by atoms with Crippen LogP contribution in [0.2, 0.25) is 5.02 Å². The summed E-state index contributed by atoms with van der Waals surface area (Å²) in [6.45, 7) is 2.65. The summed E-state index contributed by atoms with van der Waals surface area (Å²) in [5, 5.41) is 1.20. The van der Waals surface area contributed by atoms with Crippen LogP contribution >= 0.6 is 27.5 Å². The fraction of sp³-hybridized carbons (Fsp3) is 0.250. The number of nitrogens with zero attached hydrogens (tertiary/aromatic N) is 4. The van der Waals surface area contributed by atoms with Crippen molar-refractivity contribution in [3.63, 3.8) is 0 Å². The van der Waals surface area contributed by atoms with Crippen molar-refractivity contribution in [2.45, 2.75) is 6.54 Å². The third-order valence-electron chi connectivity index (χ3n) is 4.90. The number of hydrogen-bond acceptors (Lipinski definition) is 4. The molecular formula is C20H18BrClN4O2. The van der Waals surface area contributed by atoms with Crippen molar-refractivity contribution in [1.82, 2.24) is 14.5 Å². The highest BCUT2D eigenvalue weighted by atomic mass is 79.9. The van der Waals surface area contributed by atoms with Gasteiger partial charge in [-0.2, -0.15) is 0 Å². The van der Waals surface area contributed by atoms with Gasteiger partial charge in [0.05, 0.1) is 17.2 Å². The molecule has 0 atom stereocenters. The Bertz CT molecular complexity index is 1090. The van der Waals surface area contributed by atoms with E-state index in [-0.39, 0.29) is 18.0 Å². The number of piperazine rings is 1. The third-order valence-corrected chi connectivity index (χ3v) is 5.63. The van der Waals surface area contributed by atoms with Crippen molar-refractivity contribution < 1.29 is 4.79 Å². The molecule has 1 aliphatic heterocycles.